The Labute approximate surface area is 177 Å². The summed E-state index contributed by atoms with van der Waals surface area (Å²) in [6.45, 7) is 4.67. The van der Waals surface area contributed by atoms with Crippen LogP contribution in [0.3, 0.4) is 0 Å². The summed E-state index contributed by atoms with van der Waals surface area (Å²) in [6.07, 6.45) is 7.26. The minimum atomic E-state index is -0.798. The Balaban J connectivity index is 1.31. The van der Waals surface area contributed by atoms with Gasteiger partial charge in [-0.25, -0.2) is 9.59 Å². The highest BCUT2D eigenvalue weighted by atomic mass is 16.2. The fourth-order valence-corrected chi connectivity index (χ4v) is 5.34. The lowest BCUT2D eigenvalue weighted by Gasteiger charge is -2.35. The zero-order chi connectivity index (χ0) is 21.4. The molecule has 1 atom stereocenters. The molecule has 1 aromatic rings. The van der Waals surface area contributed by atoms with Crippen LogP contribution in [-0.4, -0.2) is 29.6 Å². The normalized spacial score (nSPS) is 30.5. The summed E-state index contributed by atoms with van der Waals surface area (Å²) in [7, 11) is 0. The number of benzene rings is 1. The largest absolute Gasteiger partial charge is 0.335 e. The molecule has 30 heavy (non-hydrogen) atoms. The molecule has 1 saturated heterocycles. The van der Waals surface area contributed by atoms with E-state index < -0.39 is 11.6 Å². The van der Waals surface area contributed by atoms with E-state index in [1.165, 1.54) is 31.2 Å². The second-order valence-corrected chi connectivity index (χ2v) is 9.95. The Morgan fingerprint density at radius 3 is 2.53 bits per heavy atom. The molecule has 1 aromatic carbocycles. The number of nitrogens with one attached hydrogen (secondary N) is 4. The molecule has 5 amide bonds. The van der Waals surface area contributed by atoms with Crippen LogP contribution in [0.2, 0.25) is 0 Å². The van der Waals surface area contributed by atoms with Crippen molar-refractivity contribution in [1.82, 2.24) is 16.0 Å². The number of hydrogen-bond acceptors (Lipinski definition) is 3. The molecule has 1 aliphatic heterocycles. The van der Waals surface area contributed by atoms with E-state index in [2.05, 4.69) is 47.2 Å². The van der Waals surface area contributed by atoms with Crippen LogP contribution in [0, 0.1) is 5.41 Å². The molecular formula is C23H32N4O3. The highest BCUT2D eigenvalue weighted by Gasteiger charge is 2.48. The maximum Gasteiger partial charge on any atom is 0.322 e. The summed E-state index contributed by atoms with van der Waals surface area (Å²) >= 11 is 0. The van der Waals surface area contributed by atoms with Crippen LogP contribution >= 0.6 is 0 Å². The van der Waals surface area contributed by atoms with Gasteiger partial charge in [-0.3, -0.25) is 10.1 Å². The third kappa shape index (κ3) is 4.45. The van der Waals surface area contributed by atoms with Gasteiger partial charge in [-0.2, -0.15) is 0 Å². The maximum atomic E-state index is 12.5. The first-order valence-corrected chi connectivity index (χ1v) is 11.1. The first kappa shape index (κ1) is 20.7. The van der Waals surface area contributed by atoms with Crippen molar-refractivity contribution in [2.45, 2.75) is 82.7 Å². The molecule has 1 spiro atoms. The van der Waals surface area contributed by atoms with Gasteiger partial charge in [0.15, 0.2) is 0 Å². The first-order chi connectivity index (χ1) is 14.2. The Morgan fingerprint density at radius 2 is 1.87 bits per heavy atom. The third-order valence-corrected chi connectivity index (χ3v) is 7.01. The lowest BCUT2D eigenvalue weighted by Crippen LogP contribution is -2.53. The van der Waals surface area contributed by atoms with Gasteiger partial charge in [0.05, 0.1) is 0 Å². The average molecular weight is 413 g/mol. The Kier molecular flexibility index (Phi) is 5.47. The summed E-state index contributed by atoms with van der Waals surface area (Å²) in [6, 6.07) is 7.53. The van der Waals surface area contributed by atoms with Crippen molar-refractivity contribution in [3.05, 3.63) is 29.8 Å². The molecule has 2 aliphatic carbocycles. The minimum Gasteiger partial charge on any atom is -0.335 e. The smallest absolute Gasteiger partial charge is 0.322 e. The fraction of sp³-hybridized carbons (Fsp3) is 0.609. The fourth-order valence-electron chi connectivity index (χ4n) is 5.34. The van der Waals surface area contributed by atoms with Crippen LogP contribution in [-0.2, 0) is 4.79 Å². The molecule has 162 valence electrons. The molecule has 2 saturated carbocycles. The number of carbonyl (C=O) groups excluding carboxylic acids is 3. The molecule has 1 heterocycles. The van der Waals surface area contributed by atoms with Gasteiger partial charge in [0, 0.05) is 11.7 Å². The summed E-state index contributed by atoms with van der Waals surface area (Å²) in [4.78, 5) is 36.0. The molecule has 4 rings (SSSR count). The van der Waals surface area contributed by atoms with E-state index in [0.717, 1.165) is 5.69 Å². The molecule has 4 N–H and O–H groups in total. The SMILES string of the molecule is CC1(C)CCCC(c2cccc(NC(=O)NC3CCC4(CC3)NC(=O)NC4=O)c2)C1. The average Bonchev–Trinajstić information content (AvgIpc) is 2.96. The number of amides is 5. The molecule has 7 nitrogen and oxygen atoms in total. The van der Waals surface area contributed by atoms with E-state index in [1.807, 2.05) is 12.1 Å². The second kappa shape index (κ2) is 7.93. The van der Waals surface area contributed by atoms with Gasteiger partial charge in [0.1, 0.15) is 5.54 Å². The third-order valence-electron chi connectivity index (χ3n) is 7.01. The van der Waals surface area contributed by atoms with Gasteiger partial charge in [-0.1, -0.05) is 32.4 Å². The molecule has 1 unspecified atom stereocenters. The lowest BCUT2D eigenvalue weighted by atomic mass is 9.70. The van der Waals surface area contributed by atoms with Crippen molar-refractivity contribution in [2.24, 2.45) is 5.41 Å². The van der Waals surface area contributed by atoms with Crippen molar-refractivity contribution >= 4 is 23.7 Å². The van der Waals surface area contributed by atoms with Crippen LogP contribution in [0.5, 0.6) is 0 Å². The summed E-state index contributed by atoms with van der Waals surface area (Å²) < 4.78 is 0. The van der Waals surface area contributed by atoms with E-state index in [0.29, 0.717) is 37.0 Å². The quantitative estimate of drug-likeness (QED) is 0.564. The van der Waals surface area contributed by atoms with E-state index in [4.69, 9.17) is 0 Å². The standard InChI is InChI=1S/C23H32N4O3/c1-22(2)10-4-6-16(14-22)15-5-3-7-18(13-15)25-20(29)24-17-8-11-23(12-9-17)19(28)26-21(30)27-23/h3,5,7,13,16-17H,4,6,8-12,14H2,1-2H3,(H2,24,25,29)(H2,26,27,28,30). The summed E-state index contributed by atoms with van der Waals surface area (Å²) in [5, 5.41) is 11.0. The molecule has 0 radical (unpaired) electrons. The number of urea groups is 2. The molecule has 0 bridgehead atoms. The van der Waals surface area contributed by atoms with Gasteiger partial charge in [-0.15, -0.1) is 0 Å². The Bertz CT molecular complexity index is 843. The van der Waals surface area contributed by atoms with Crippen LogP contribution in [0.15, 0.2) is 24.3 Å². The van der Waals surface area contributed by atoms with E-state index in [-0.39, 0.29) is 18.0 Å². The van der Waals surface area contributed by atoms with Crippen molar-refractivity contribution in [2.75, 3.05) is 5.32 Å². The number of hydrogen-bond donors (Lipinski definition) is 4. The lowest BCUT2D eigenvalue weighted by molar-refractivity contribution is -0.125. The van der Waals surface area contributed by atoms with Gasteiger partial charge in [0.25, 0.3) is 5.91 Å². The maximum absolute atomic E-state index is 12.5. The van der Waals surface area contributed by atoms with Crippen molar-refractivity contribution in [3.8, 4) is 0 Å². The highest BCUT2D eigenvalue weighted by molar-refractivity contribution is 6.07. The number of rotatable bonds is 3. The predicted molar refractivity (Wildman–Crippen MR) is 115 cm³/mol. The van der Waals surface area contributed by atoms with Gasteiger partial charge in [0.2, 0.25) is 0 Å². The Morgan fingerprint density at radius 1 is 1.10 bits per heavy atom. The number of carbonyl (C=O) groups is 3. The zero-order valence-electron chi connectivity index (χ0n) is 17.8. The number of imide groups is 1. The molecule has 0 aromatic heterocycles. The molecular weight excluding hydrogens is 380 g/mol. The zero-order valence-corrected chi connectivity index (χ0v) is 17.8. The van der Waals surface area contributed by atoms with Gasteiger partial charge in [-0.05, 0) is 74.0 Å². The van der Waals surface area contributed by atoms with Crippen LogP contribution in [0.25, 0.3) is 0 Å². The summed E-state index contributed by atoms with van der Waals surface area (Å²) in [5.74, 6) is 0.291. The van der Waals surface area contributed by atoms with E-state index in [1.54, 1.807) is 0 Å². The van der Waals surface area contributed by atoms with E-state index >= 15 is 0 Å². The van der Waals surface area contributed by atoms with Crippen LogP contribution < -0.4 is 21.3 Å². The molecule has 3 aliphatic rings. The number of anilines is 1. The van der Waals surface area contributed by atoms with Crippen molar-refractivity contribution in [3.63, 3.8) is 0 Å². The van der Waals surface area contributed by atoms with E-state index in [9.17, 15) is 14.4 Å². The predicted octanol–water partition coefficient (Wildman–Crippen LogP) is 4.01. The topological polar surface area (TPSA) is 99.3 Å². The summed E-state index contributed by atoms with van der Waals surface area (Å²) in [5.41, 5.74) is 1.68. The minimum absolute atomic E-state index is 0.0109. The van der Waals surface area contributed by atoms with Gasteiger partial charge < -0.3 is 16.0 Å². The first-order valence-electron chi connectivity index (χ1n) is 11.1. The van der Waals surface area contributed by atoms with Crippen LogP contribution in [0.4, 0.5) is 15.3 Å². The van der Waals surface area contributed by atoms with Crippen molar-refractivity contribution < 1.29 is 14.4 Å². The van der Waals surface area contributed by atoms with Crippen LogP contribution in [0.1, 0.15) is 76.7 Å². The molecule has 7 heteroatoms. The van der Waals surface area contributed by atoms with Crippen molar-refractivity contribution in [1.29, 1.82) is 0 Å². The molecule has 3 fully saturated rings. The van der Waals surface area contributed by atoms with Gasteiger partial charge >= 0.3 is 12.1 Å². The second-order valence-electron chi connectivity index (χ2n) is 9.95. The highest BCUT2D eigenvalue weighted by Crippen LogP contribution is 2.43. The monoisotopic (exact) mass is 412 g/mol. The Hall–Kier alpha value is -2.57.